The monoisotopic (exact) mass is 307 g/mol. The first-order valence-corrected chi connectivity index (χ1v) is 8.41. The zero-order valence-electron chi connectivity index (χ0n) is 10.5. The lowest BCUT2D eigenvalue weighted by Gasteiger charge is -2.12. The molecule has 5 nitrogen and oxygen atoms in total. The van der Waals surface area contributed by atoms with Crippen LogP contribution >= 0.6 is 11.3 Å². The van der Waals surface area contributed by atoms with E-state index in [-0.39, 0.29) is 5.75 Å². The predicted molar refractivity (Wildman–Crippen MR) is 78.0 cm³/mol. The number of hydrazine groups is 1. The molecule has 0 amide bonds. The smallest absolute Gasteiger partial charge is 0.222 e. The third-order valence-electron chi connectivity index (χ3n) is 2.56. The molecule has 0 fully saturated rings. The molecule has 2 N–H and O–H groups in total. The summed E-state index contributed by atoms with van der Waals surface area (Å²) >= 11 is 1.45. The molecule has 1 heterocycles. The van der Waals surface area contributed by atoms with E-state index in [0.29, 0.717) is 5.56 Å². The molecule has 1 unspecified atom stereocenters. The number of nitrogens with zero attached hydrogens (tertiary/aromatic N) is 1. The molecule has 0 aliphatic heterocycles. The van der Waals surface area contributed by atoms with Crippen LogP contribution in [-0.4, -0.2) is 8.42 Å². The molecule has 0 radical (unpaired) electrons. The van der Waals surface area contributed by atoms with E-state index in [1.54, 1.807) is 35.7 Å². The van der Waals surface area contributed by atoms with Crippen LogP contribution < -0.4 is 10.3 Å². The average molecular weight is 307 g/mol. The van der Waals surface area contributed by atoms with Crippen molar-refractivity contribution in [3.8, 4) is 6.07 Å². The predicted octanol–water partition coefficient (Wildman–Crippen LogP) is 1.94. The van der Waals surface area contributed by atoms with Gasteiger partial charge in [-0.2, -0.15) is 16.6 Å². The number of thiophene rings is 1. The molecule has 1 aromatic carbocycles. The minimum atomic E-state index is -3.54. The van der Waals surface area contributed by atoms with Gasteiger partial charge < -0.3 is 0 Å². The van der Waals surface area contributed by atoms with Crippen molar-refractivity contribution in [2.75, 3.05) is 0 Å². The van der Waals surface area contributed by atoms with E-state index in [2.05, 4.69) is 10.3 Å². The van der Waals surface area contributed by atoms with Crippen LogP contribution in [0.15, 0.2) is 47.2 Å². The Balaban J connectivity index is 1.97. The summed E-state index contributed by atoms with van der Waals surface area (Å²) in [6.45, 7) is 0. The summed E-state index contributed by atoms with van der Waals surface area (Å²) in [5.41, 5.74) is 3.96. The van der Waals surface area contributed by atoms with E-state index in [1.807, 2.05) is 17.5 Å². The highest BCUT2D eigenvalue weighted by molar-refractivity contribution is 7.88. The van der Waals surface area contributed by atoms with Crippen molar-refractivity contribution >= 4 is 21.4 Å². The van der Waals surface area contributed by atoms with Gasteiger partial charge in [-0.05, 0) is 28.0 Å². The molecule has 104 valence electrons. The first kappa shape index (κ1) is 14.7. The summed E-state index contributed by atoms with van der Waals surface area (Å²) in [4.78, 5) is 2.25. The van der Waals surface area contributed by atoms with Gasteiger partial charge in [-0.1, -0.05) is 30.3 Å². The SMILES string of the molecule is N#CC(NNS(=O)(=O)Cc1ccccc1)c1ccsc1. The normalized spacial score (nSPS) is 12.8. The first-order chi connectivity index (χ1) is 9.61. The van der Waals surface area contributed by atoms with Crippen molar-refractivity contribution in [3.63, 3.8) is 0 Å². The Kier molecular flexibility index (Phi) is 4.87. The van der Waals surface area contributed by atoms with E-state index < -0.39 is 16.1 Å². The summed E-state index contributed by atoms with van der Waals surface area (Å²) in [6, 6.07) is 11.9. The maximum atomic E-state index is 11.9. The molecule has 0 spiro atoms. The van der Waals surface area contributed by atoms with Crippen LogP contribution in [0.4, 0.5) is 0 Å². The number of benzene rings is 1. The number of nitriles is 1. The third-order valence-corrected chi connectivity index (χ3v) is 4.41. The van der Waals surface area contributed by atoms with Gasteiger partial charge in [0.05, 0.1) is 11.8 Å². The molecule has 0 bridgehead atoms. The van der Waals surface area contributed by atoms with E-state index in [0.717, 1.165) is 5.56 Å². The van der Waals surface area contributed by atoms with Gasteiger partial charge in [-0.25, -0.2) is 13.8 Å². The van der Waals surface area contributed by atoms with Gasteiger partial charge in [0.1, 0.15) is 6.04 Å². The topological polar surface area (TPSA) is 82.0 Å². The van der Waals surface area contributed by atoms with Crippen LogP contribution in [0.1, 0.15) is 17.2 Å². The number of hydrogen-bond acceptors (Lipinski definition) is 5. The summed E-state index contributed by atoms with van der Waals surface area (Å²) in [5.74, 6) is -0.136. The largest absolute Gasteiger partial charge is 0.228 e. The Morgan fingerprint density at radius 3 is 2.60 bits per heavy atom. The first-order valence-electron chi connectivity index (χ1n) is 5.81. The number of rotatable bonds is 6. The fourth-order valence-electron chi connectivity index (χ4n) is 1.61. The van der Waals surface area contributed by atoms with Gasteiger partial charge in [0.25, 0.3) is 0 Å². The van der Waals surface area contributed by atoms with E-state index >= 15 is 0 Å². The molecule has 1 aromatic heterocycles. The maximum Gasteiger partial charge on any atom is 0.228 e. The lowest BCUT2D eigenvalue weighted by Crippen LogP contribution is -2.40. The standard InChI is InChI=1S/C13H13N3O2S2/c14-8-13(12-6-7-19-9-12)15-16-20(17,18)10-11-4-2-1-3-5-11/h1-7,9,13,15-16H,10H2. The van der Waals surface area contributed by atoms with Gasteiger partial charge in [0, 0.05) is 0 Å². The summed E-state index contributed by atoms with van der Waals surface area (Å²) in [6.07, 6.45) is 0. The van der Waals surface area contributed by atoms with Crippen molar-refractivity contribution in [2.24, 2.45) is 0 Å². The summed E-state index contributed by atoms with van der Waals surface area (Å²) < 4.78 is 23.8. The fraction of sp³-hybridized carbons (Fsp3) is 0.154. The zero-order valence-corrected chi connectivity index (χ0v) is 12.1. The van der Waals surface area contributed by atoms with Gasteiger partial charge >= 0.3 is 0 Å². The highest BCUT2D eigenvalue weighted by Crippen LogP contribution is 2.15. The minimum absolute atomic E-state index is 0.136. The zero-order chi connectivity index (χ0) is 14.4. The molecule has 20 heavy (non-hydrogen) atoms. The van der Waals surface area contributed by atoms with Crippen molar-refractivity contribution < 1.29 is 8.42 Å². The summed E-state index contributed by atoms with van der Waals surface area (Å²) in [5, 5.41) is 12.7. The summed E-state index contributed by atoms with van der Waals surface area (Å²) in [7, 11) is -3.54. The van der Waals surface area contributed by atoms with Crippen LogP contribution in [0.2, 0.25) is 0 Å². The quantitative estimate of drug-likeness (QED) is 0.799. The van der Waals surface area contributed by atoms with Crippen LogP contribution in [0.3, 0.4) is 0 Å². The highest BCUT2D eigenvalue weighted by Gasteiger charge is 2.15. The number of hydrogen-bond donors (Lipinski definition) is 2. The van der Waals surface area contributed by atoms with Crippen molar-refractivity contribution in [1.29, 1.82) is 5.26 Å². The van der Waals surface area contributed by atoms with E-state index in [4.69, 9.17) is 5.26 Å². The third kappa shape index (κ3) is 4.15. The Hall–Kier alpha value is -1.72. The minimum Gasteiger partial charge on any atom is -0.222 e. The Morgan fingerprint density at radius 2 is 2.00 bits per heavy atom. The lowest BCUT2D eigenvalue weighted by molar-refractivity contribution is 0.538. The molecular formula is C13H13N3O2S2. The molecular weight excluding hydrogens is 294 g/mol. The Labute approximate surface area is 121 Å². The second-order valence-electron chi connectivity index (χ2n) is 4.11. The molecule has 0 aliphatic rings. The van der Waals surface area contributed by atoms with Crippen LogP contribution in [0.25, 0.3) is 0 Å². The number of sulfonamides is 1. The molecule has 2 rings (SSSR count). The Morgan fingerprint density at radius 1 is 1.25 bits per heavy atom. The van der Waals surface area contributed by atoms with Crippen molar-refractivity contribution in [3.05, 3.63) is 58.3 Å². The van der Waals surface area contributed by atoms with Gasteiger partial charge in [-0.15, -0.1) is 4.83 Å². The maximum absolute atomic E-state index is 11.9. The van der Waals surface area contributed by atoms with Crippen LogP contribution in [0, 0.1) is 11.3 Å². The molecule has 0 aliphatic carbocycles. The van der Waals surface area contributed by atoms with Crippen molar-refractivity contribution in [2.45, 2.75) is 11.8 Å². The second kappa shape index (κ2) is 6.63. The lowest BCUT2D eigenvalue weighted by atomic mass is 10.2. The van der Waals surface area contributed by atoms with Crippen LogP contribution in [-0.2, 0) is 15.8 Å². The highest BCUT2D eigenvalue weighted by atomic mass is 32.2. The van der Waals surface area contributed by atoms with Gasteiger partial charge in [0.15, 0.2) is 0 Å². The molecule has 2 aromatic rings. The van der Waals surface area contributed by atoms with Gasteiger partial charge in [0.2, 0.25) is 10.0 Å². The molecule has 7 heteroatoms. The van der Waals surface area contributed by atoms with Gasteiger partial charge in [-0.3, -0.25) is 0 Å². The van der Waals surface area contributed by atoms with Crippen molar-refractivity contribution in [1.82, 2.24) is 10.3 Å². The second-order valence-corrected chi connectivity index (χ2v) is 6.61. The number of nitrogens with one attached hydrogen (secondary N) is 2. The molecule has 0 saturated heterocycles. The van der Waals surface area contributed by atoms with E-state index in [1.165, 1.54) is 11.3 Å². The van der Waals surface area contributed by atoms with Crippen LogP contribution in [0.5, 0.6) is 0 Å². The average Bonchev–Trinajstić information content (AvgIpc) is 2.94. The van der Waals surface area contributed by atoms with E-state index in [9.17, 15) is 8.42 Å². The fourth-order valence-corrected chi connectivity index (χ4v) is 3.29. The molecule has 0 saturated carbocycles. The Bertz CT molecular complexity index is 676. The molecule has 1 atom stereocenters.